The van der Waals surface area contributed by atoms with Crippen molar-refractivity contribution in [1.29, 1.82) is 0 Å². The van der Waals surface area contributed by atoms with E-state index in [1.807, 2.05) is 0 Å². The average Bonchev–Trinajstić information content (AvgIpc) is 3.09. The van der Waals surface area contributed by atoms with E-state index in [9.17, 15) is 4.39 Å². The summed E-state index contributed by atoms with van der Waals surface area (Å²) >= 11 is 0. The first-order valence-electron chi connectivity index (χ1n) is 11.0. The van der Waals surface area contributed by atoms with E-state index in [1.165, 1.54) is 64.2 Å². The van der Waals surface area contributed by atoms with E-state index in [1.54, 1.807) is 0 Å². The Balaban J connectivity index is 1.44. The number of rotatable bonds is 3. The first-order valence-corrected chi connectivity index (χ1v) is 11.0. The monoisotopic (exact) mass is 336 g/mol. The van der Waals surface area contributed by atoms with Crippen molar-refractivity contribution in [3.05, 3.63) is 0 Å². The molecule has 3 heteroatoms. The summed E-state index contributed by atoms with van der Waals surface area (Å²) < 4.78 is 13.5. The molecule has 0 aromatic rings. The molecule has 4 fully saturated rings. The molecule has 0 radical (unpaired) electrons. The Labute approximate surface area is 147 Å². The molecule has 1 aliphatic heterocycles. The summed E-state index contributed by atoms with van der Waals surface area (Å²) in [5.74, 6) is 2.40. The van der Waals surface area contributed by atoms with E-state index in [0.29, 0.717) is 24.2 Å². The standard InChI is InChI=1S/C21H37FN2/c22-18-13-11-17(12-14-18)21-23-19(15-7-3-1-4-8-15)20(24-21)16-9-5-2-6-10-16/h15-21,23-24H,1-14H2. The van der Waals surface area contributed by atoms with Gasteiger partial charge in [-0.1, -0.05) is 38.5 Å². The second-order valence-electron chi connectivity index (χ2n) is 9.17. The topological polar surface area (TPSA) is 24.1 Å². The van der Waals surface area contributed by atoms with Crippen LogP contribution < -0.4 is 10.6 Å². The molecule has 1 saturated heterocycles. The number of halogens is 1. The predicted octanol–water partition coefficient (Wildman–Crippen LogP) is 4.93. The summed E-state index contributed by atoms with van der Waals surface area (Å²) in [5, 5.41) is 8.12. The zero-order valence-corrected chi connectivity index (χ0v) is 15.3. The fourth-order valence-corrected chi connectivity index (χ4v) is 6.20. The predicted molar refractivity (Wildman–Crippen MR) is 97.6 cm³/mol. The third-order valence-corrected chi connectivity index (χ3v) is 7.62. The summed E-state index contributed by atoms with van der Waals surface area (Å²) in [6, 6.07) is 1.36. The van der Waals surface area contributed by atoms with Crippen LogP contribution in [-0.4, -0.2) is 24.4 Å². The van der Waals surface area contributed by atoms with Gasteiger partial charge < -0.3 is 0 Å². The SMILES string of the molecule is FC1CCC(C2NC(C3CCCCC3)C(C3CCCCC3)N2)CC1. The van der Waals surface area contributed by atoms with Crippen LogP contribution in [0.3, 0.4) is 0 Å². The lowest BCUT2D eigenvalue weighted by Crippen LogP contribution is -2.45. The molecule has 2 unspecified atom stereocenters. The van der Waals surface area contributed by atoms with E-state index in [-0.39, 0.29) is 0 Å². The van der Waals surface area contributed by atoms with Gasteiger partial charge in [-0.3, -0.25) is 10.6 Å². The Morgan fingerprint density at radius 1 is 0.500 bits per heavy atom. The van der Waals surface area contributed by atoms with E-state index in [0.717, 1.165) is 37.5 Å². The summed E-state index contributed by atoms with van der Waals surface area (Å²) in [5.41, 5.74) is 0. The number of hydrogen-bond acceptors (Lipinski definition) is 2. The fraction of sp³-hybridized carbons (Fsp3) is 1.00. The average molecular weight is 337 g/mol. The third-order valence-electron chi connectivity index (χ3n) is 7.62. The highest BCUT2D eigenvalue weighted by Crippen LogP contribution is 2.38. The molecule has 0 amide bonds. The summed E-state index contributed by atoms with van der Waals surface area (Å²) in [7, 11) is 0. The van der Waals surface area contributed by atoms with Gasteiger partial charge in [-0.15, -0.1) is 0 Å². The minimum absolute atomic E-state index is 0.455. The number of nitrogens with one attached hydrogen (secondary N) is 2. The van der Waals surface area contributed by atoms with Crippen molar-refractivity contribution >= 4 is 0 Å². The molecule has 0 aromatic carbocycles. The van der Waals surface area contributed by atoms with Crippen molar-refractivity contribution in [2.45, 2.75) is 114 Å². The normalized spacial score (nSPS) is 43.1. The number of hydrogen-bond donors (Lipinski definition) is 2. The van der Waals surface area contributed by atoms with Gasteiger partial charge in [0.05, 0.1) is 6.17 Å². The van der Waals surface area contributed by atoms with Gasteiger partial charge in [0, 0.05) is 12.1 Å². The smallest absolute Gasteiger partial charge is 0.100 e. The molecule has 4 aliphatic rings. The van der Waals surface area contributed by atoms with Crippen molar-refractivity contribution < 1.29 is 4.39 Å². The van der Waals surface area contributed by atoms with Gasteiger partial charge in [-0.2, -0.15) is 0 Å². The van der Waals surface area contributed by atoms with Crippen LogP contribution in [0.5, 0.6) is 0 Å². The lowest BCUT2D eigenvalue weighted by molar-refractivity contribution is 0.172. The second-order valence-corrected chi connectivity index (χ2v) is 9.17. The van der Waals surface area contributed by atoms with Crippen LogP contribution in [0.25, 0.3) is 0 Å². The van der Waals surface area contributed by atoms with Crippen molar-refractivity contribution in [1.82, 2.24) is 10.6 Å². The minimum atomic E-state index is -0.536. The molecule has 2 N–H and O–H groups in total. The molecule has 3 aliphatic carbocycles. The molecule has 2 atom stereocenters. The molecule has 4 rings (SSSR count). The first kappa shape index (κ1) is 17.3. The largest absolute Gasteiger partial charge is 0.297 e. The van der Waals surface area contributed by atoms with Gasteiger partial charge in [0.1, 0.15) is 6.17 Å². The van der Waals surface area contributed by atoms with Gasteiger partial charge in [0.15, 0.2) is 0 Å². The first-order chi connectivity index (χ1) is 11.8. The Hall–Kier alpha value is -0.150. The summed E-state index contributed by atoms with van der Waals surface area (Å²) in [6.45, 7) is 0. The Morgan fingerprint density at radius 3 is 1.42 bits per heavy atom. The lowest BCUT2D eigenvalue weighted by atomic mass is 9.75. The molecule has 138 valence electrons. The molecule has 2 nitrogen and oxygen atoms in total. The lowest BCUT2D eigenvalue weighted by Gasteiger charge is -2.36. The number of alkyl halides is 1. The van der Waals surface area contributed by atoms with Crippen LogP contribution in [0, 0.1) is 17.8 Å². The Bertz CT molecular complexity index is 355. The molecule has 24 heavy (non-hydrogen) atoms. The highest BCUT2D eigenvalue weighted by atomic mass is 19.1. The zero-order valence-electron chi connectivity index (χ0n) is 15.3. The second kappa shape index (κ2) is 8.03. The molecule has 1 heterocycles. The van der Waals surface area contributed by atoms with Gasteiger partial charge in [0.2, 0.25) is 0 Å². The van der Waals surface area contributed by atoms with Crippen molar-refractivity contribution in [2.75, 3.05) is 0 Å². The fourth-order valence-electron chi connectivity index (χ4n) is 6.20. The van der Waals surface area contributed by atoms with E-state index >= 15 is 0 Å². The molecule has 0 aromatic heterocycles. The third kappa shape index (κ3) is 3.82. The Kier molecular flexibility index (Phi) is 5.78. The highest BCUT2D eigenvalue weighted by molar-refractivity contribution is 5.02. The van der Waals surface area contributed by atoms with Gasteiger partial charge in [-0.25, -0.2) is 4.39 Å². The van der Waals surface area contributed by atoms with Crippen LogP contribution in [0.15, 0.2) is 0 Å². The highest BCUT2D eigenvalue weighted by Gasteiger charge is 2.44. The maximum absolute atomic E-state index is 13.5. The van der Waals surface area contributed by atoms with Crippen LogP contribution in [-0.2, 0) is 0 Å². The molecule has 0 spiro atoms. The molecular weight excluding hydrogens is 299 g/mol. The van der Waals surface area contributed by atoms with Gasteiger partial charge in [0.25, 0.3) is 0 Å². The van der Waals surface area contributed by atoms with Crippen molar-refractivity contribution in [3.8, 4) is 0 Å². The quantitative estimate of drug-likeness (QED) is 0.763. The van der Waals surface area contributed by atoms with Crippen molar-refractivity contribution in [3.63, 3.8) is 0 Å². The maximum Gasteiger partial charge on any atom is 0.100 e. The van der Waals surface area contributed by atoms with E-state index in [4.69, 9.17) is 0 Å². The van der Waals surface area contributed by atoms with Crippen LogP contribution >= 0.6 is 0 Å². The van der Waals surface area contributed by atoms with Crippen molar-refractivity contribution in [2.24, 2.45) is 17.8 Å². The van der Waals surface area contributed by atoms with Gasteiger partial charge in [-0.05, 0) is 69.1 Å². The minimum Gasteiger partial charge on any atom is -0.297 e. The molecular formula is C21H37FN2. The zero-order chi connectivity index (χ0) is 16.4. The maximum atomic E-state index is 13.5. The van der Waals surface area contributed by atoms with E-state index < -0.39 is 6.17 Å². The van der Waals surface area contributed by atoms with Gasteiger partial charge >= 0.3 is 0 Å². The van der Waals surface area contributed by atoms with Crippen LogP contribution in [0.2, 0.25) is 0 Å². The molecule has 3 saturated carbocycles. The van der Waals surface area contributed by atoms with Crippen LogP contribution in [0.1, 0.15) is 89.9 Å². The Morgan fingerprint density at radius 2 is 0.958 bits per heavy atom. The van der Waals surface area contributed by atoms with E-state index in [2.05, 4.69) is 10.6 Å². The van der Waals surface area contributed by atoms with Crippen LogP contribution in [0.4, 0.5) is 4.39 Å². The summed E-state index contributed by atoms with van der Waals surface area (Å²) in [6.07, 6.45) is 17.9. The molecule has 0 bridgehead atoms. The summed E-state index contributed by atoms with van der Waals surface area (Å²) in [4.78, 5) is 0.